The fourth-order valence-corrected chi connectivity index (χ4v) is 2.52. The predicted octanol–water partition coefficient (Wildman–Crippen LogP) is -0.132. The summed E-state index contributed by atoms with van der Waals surface area (Å²) in [5.74, 6) is -0.101. The zero-order valence-corrected chi connectivity index (χ0v) is 9.37. The third kappa shape index (κ3) is 2.81. The lowest BCUT2D eigenvalue weighted by Gasteiger charge is -2.25. The minimum absolute atomic E-state index is 0.101. The van der Waals surface area contributed by atoms with Crippen LogP contribution in [0.25, 0.3) is 0 Å². The Morgan fingerprint density at radius 2 is 2.21 bits per heavy atom. The summed E-state index contributed by atoms with van der Waals surface area (Å²) < 4.78 is 23.8. The Labute approximate surface area is 83.9 Å². The molecule has 80 valence electrons. The third-order valence-electron chi connectivity index (χ3n) is 1.86. The van der Waals surface area contributed by atoms with Crippen LogP contribution in [0.4, 0.5) is 0 Å². The van der Waals surface area contributed by atoms with Crippen molar-refractivity contribution in [1.82, 2.24) is 9.55 Å². The van der Waals surface area contributed by atoms with E-state index in [4.69, 9.17) is 5.73 Å². The first-order chi connectivity index (χ1) is 6.21. The summed E-state index contributed by atoms with van der Waals surface area (Å²) in [5.41, 5.74) is 5.76. The van der Waals surface area contributed by atoms with Crippen LogP contribution in [-0.2, 0) is 15.5 Å². The van der Waals surface area contributed by atoms with Gasteiger partial charge in [0.15, 0.2) is 9.84 Å². The Morgan fingerprint density at radius 1 is 1.64 bits per heavy atom. The number of hydrogen-bond donors (Lipinski definition) is 1. The van der Waals surface area contributed by atoms with Crippen LogP contribution in [0.3, 0.4) is 0 Å². The zero-order chi connectivity index (χ0) is 11.0. The minimum Gasteiger partial charge on any atom is -0.318 e. The second-order valence-corrected chi connectivity index (χ2v) is 5.99. The van der Waals surface area contributed by atoms with Gasteiger partial charge in [-0.25, -0.2) is 13.4 Å². The van der Waals surface area contributed by atoms with Gasteiger partial charge in [0.05, 0.1) is 17.8 Å². The van der Waals surface area contributed by atoms with E-state index in [9.17, 15) is 8.42 Å². The number of aryl methyl sites for hydroxylation is 1. The number of aromatic nitrogens is 2. The van der Waals surface area contributed by atoms with Crippen LogP contribution in [0.2, 0.25) is 0 Å². The smallest absolute Gasteiger partial charge is 0.151 e. The Bertz CT molecular complexity index is 420. The largest absolute Gasteiger partial charge is 0.318 e. The van der Waals surface area contributed by atoms with Gasteiger partial charge in [-0.1, -0.05) is 0 Å². The normalized spacial score (nSPS) is 16.6. The number of hydrogen-bond acceptors (Lipinski definition) is 4. The third-order valence-corrected chi connectivity index (χ3v) is 2.96. The fourth-order valence-electron chi connectivity index (χ4n) is 1.31. The van der Waals surface area contributed by atoms with E-state index in [-0.39, 0.29) is 5.75 Å². The highest BCUT2D eigenvalue weighted by Crippen LogP contribution is 2.11. The molecule has 5 nitrogen and oxygen atoms in total. The Morgan fingerprint density at radius 3 is 2.57 bits per heavy atom. The highest BCUT2D eigenvalue weighted by molar-refractivity contribution is 7.90. The van der Waals surface area contributed by atoms with Gasteiger partial charge in [-0.2, -0.15) is 0 Å². The molecular weight excluding hydrogens is 202 g/mol. The topological polar surface area (TPSA) is 78.0 Å². The molecule has 0 unspecified atom stereocenters. The molecule has 1 aromatic heterocycles. The van der Waals surface area contributed by atoms with E-state index in [1.54, 1.807) is 24.0 Å². The first-order valence-corrected chi connectivity index (χ1v) is 6.24. The van der Waals surface area contributed by atoms with Gasteiger partial charge in [-0.15, -0.1) is 0 Å². The van der Waals surface area contributed by atoms with Crippen LogP contribution in [0.15, 0.2) is 12.5 Å². The molecule has 0 aliphatic carbocycles. The summed E-state index contributed by atoms with van der Waals surface area (Å²) >= 11 is 0. The lowest BCUT2D eigenvalue weighted by Crippen LogP contribution is -2.45. The maximum Gasteiger partial charge on any atom is 0.151 e. The molecule has 2 N–H and O–H groups in total. The predicted molar refractivity (Wildman–Crippen MR) is 54.5 cm³/mol. The summed E-state index contributed by atoms with van der Waals surface area (Å²) in [6.07, 6.45) is 4.44. The molecule has 0 aliphatic rings. The lowest BCUT2D eigenvalue weighted by atomic mass is 10.2. The number of rotatable bonds is 3. The molecule has 0 aliphatic heterocycles. The van der Waals surface area contributed by atoms with Gasteiger partial charge in [0.2, 0.25) is 0 Å². The van der Waals surface area contributed by atoms with Crippen LogP contribution in [0.1, 0.15) is 12.6 Å². The number of nitrogens with two attached hydrogens (primary N) is 1. The molecule has 0 bridgehead atoms. The van der Waals surface area contributed by atoms with Crippen molar-refractivity contribution in [3.63, 3.8) is 0 Å². The van der Waals surface area contributed by atoms with Crippen LogP contribution in [0.5, 0.6) is 0 Å². The number of nitrogens with zero attached hydrogens (tertiary/aromatic N) is 2. The summed E-state index contributed by atoms with van der Waals surface area (Å²) in [6.45, 7) is 3.49. The monoisotopic (exact) mass is 217 g/mol. The molecule has 0 saturated carbocycles. The molecular formula is C8H15N3O2S. The van der Waals surface area contributed by atoms with Crippen molar-refractivity contribution in [3.05, 3.63) is 18.2 Å². The molecule has 0 aromatic carbocycles. The molecule has 0 amide bonds. The first-order valence-electron chi connectivity index (χ1n) is 4.18. The zero-order valence-electron chi connectivity index (χ0n) is 8.56. The second kappa shape index (κ2) is 3.36. The Hall–Kier alpha value is -0.880. The molecule has 6 heteroatoms. The van der Waals surface area contributed by atoms with Crippen molar-refractivity contribution in [1.29, 1.82) is 0 Å². The fraction of sp³-hybridized carbons (Fsp3) is 0.625. The van der Waals surface area contributed by atoms with Crippen molar-refractivity contribution >= 4 is 9.84 Å². The molecule has 0 radical (unpaired) electrons. The summed E-state index contributed by atoms with van der Waals surface area (Å²) in [5, 5.41) is 0. The molecule has 0 saturated heterocycles. The van der Waals surface area contributed by atoms with Crippen molar-refractivity contribution in [2.75, 3.05) is 12.0 Å². The van der Waals surface area contributed by atoms with Gasteiger partial charge in [0.1, 0.15) is 5.66 Å². The van der Waals surface area contributed by atoms with Gasteiger partial charge in [-0.3, -0.25) is 0 Å². The van der Waals surface area contributed by atoms with E-state index in [1.807, 2.05) is 6.92 Å². The number of sulfone groups is 1. The van der Waals surface area contributed by atoms with Crippen molar-refractivity contribution in [2.45, 2.75) is 19.5 Å². The molecule has 14 heavy (non-hydrogen) atoms. The van der Waals surface area contributed by atoms with Gasteiger partial charge in [-0.05, 0) is 13.8 Å². The number of imidazole rings is 1. The molecule has 1 atom stereocenters. The van der Waals surface area contributed by atoms with E-state index in [0.29, 0.717) is 0 Å². The van der Waals surface area contributed by atoms with E-state index in [0.717, 1.165) is 5.69 Å². The molecule has 0 fully saturated rings. The highest BCUT2D eigenvalue weighted by atomic mass is 32.2. The molecule has 1 rings (SSSR count). The summed E-state index contributed by atoms with van der Waals surface area (Å²) in [7, 11) is -3.09. The first kappa shape index (κ1) is 11.2. The second-order valence-electron chi connectivity index (χ2n) is 3.85. The Kier molecular flexibility index (Phi) is 2.69. The van der Waals surface area contributed by atoms with Crippen LogP contribution >= 0.6 is 0 Å². The van der Waals surface area contributed by atoms with Gasteiger partial charge >= 0.3 is 0 Å². The maximum atomic E-state index is 11.1. The Balaban J connectivity index is 2.96. The van der Waals surface area contributed by atoms with E-state index < -0.39 is 15.5 Å². The lowest BCUT2D eigenvalue weighted by molar-refractivity contribution is 0.371. The van der Waals surface area contributed by atoms with Crippen molar-refractivity contribution in [3.8, 4) is 0 Å². The van der Waals surface area contributed by atoms with Gasteiger partial charge < -0.3 is 10.3 Å². The van der Waals surface area contributed by atoms with Crippen molar-refractivity contribution in [2.24, 2.45) is 5.73 Å². The highest BCUT2D eigenvalue weighted by Gasteiger charge is 2.25. The van der Waals surface area contributed by atoms with Gasteiger partial charge in [0, 0.05) is 12.5 Å². The van der Waals surface area contributed by atoms with Crippen molar-refractivity contribution < 1.29 is 8.42 Å². The molecule has 0 spiro atoms. The van der Waals surface area contributed by atoms with E-state index in [2.05, 4.69) is 4.98 Å². The van der Waals surface area contributed by atoms with E-state index in [1.165, 1.54) is 6.26 Å². The van der Waals surface area contributed by atoms with Crippen LogP contribution in [0, 0.1) is 6.92 Å². The van der Waals surface area contributed by atoms with Gasteiger partial charge in [0.25, 0.3) is 0 Å². The maximum absolute atomic E-state index is 11.1. The minimum atomic E-state index is -3.09. The SMILES string of the molecule is Cc1cn([C@](C)(N)CS(C)(=O)=O)cn1. The van der Waals surface area contributed by atoms with Crippen LogP contribution < -0.4 is 5.73 Å². The summed E-state index contributed by atoms with van der Waals surface area (Å²) in [6, 6.07) is 0. The molecule has 1 aromatic rings. The van der Waals surface area contributed by atoms with E-state index >= 15 is 0 Å². The quantitative estimate of drug-likeness (QED) is 0.765. The average molecular weight is 217 g/mol. The average Bonchev–Trinajstić information content (AvgIpc) is 2.29. The summed E-state index contributed by atoms with van der Waals surface area (Å²) in [4.78, 5) is 4.00. The molecule has 1 heterocycles. The standard InChI is InChI=1S/C8H15N3O2S/c1-7-4-11(6-10-7)8(2,9)5-14(3,12)13/h4,6H,5,9H2,1-3H3/t8-/m0/s1. The van der Waals surface area contributed by atoms with Crippen LogP contribution in [-0.4, -0.2) is 30.0 Å².